The van der Waals surface area contributed by atoms with Crippen LogP contribution in [0.4, 0.5) is 0 Å². The second kappa shape index (κ2) is 5.74. The summed E-state index contributed by atoms with van der Waals surface area (Å²) in [5, 5.41) is 0. The Kier molecular flexibility index (Phi) is 8.10. The summed E-state index contributed by atoms with van der Waals surface area (Å²) in [6.07, 6.45) is 4.24. The van der Waals surface area contributed by atoms with Crippen molar-refractivity contribution in [1.29, 1.82) is 0 Å². The Morgan fingerprint density at radius 2 is 1.71 bits per heavy atom. The second-order valence-corrected chi connectivity index (χ2v) is 1.77. The van der Waals surface area contributed by atoms with E-state index >= 15 is 0 Å². The predicted octanol–water partition coefficient (Wildman–Crippen LogP) is 2.85. The van der Waals surface area contributed by atoms with Crippen LogP contribution in [0.15, 0.2) is 12.2 Å². The van der Waals surface area contributed by atoms with Gasteiger partial charge in [-0.05, 0) is 12.8 Å². The molecule has 0 saturated heterocycles. The molecule has 0 atom stereocenters. The Hall–Kier alpha value is -0.260. The van der Waals surface area contributed by atoms with Crippen LogP contribution >= 0.6 is 0 Å². The van der Waals surface area contributed by atoms with Gasteiger partial charge in [0.05, 0.1) is 0 Å². The maximum Gasteiger partial charge on any atom is -0.0291 e. The highest BCUT2D eigenvalue weighted by Crippen LogP contribution is 1.90. The monoisotopic (exact) mass is 100 g/mol. The van der Waals surface area contributed by atoms with Crippen molar-refractivity contribution in [3.8, 4) is 0 Å². The van der Waals surface area contributed by atoms with Crippen LogP contribution in [-0.4, -0.2) is 0 Å². The van der Waals surface area contributed by atoms with Gasteiger partial charge in [0.2, 0.25) is 0 Å². The third kappa shape index (κ3) is 10.7. The number of rotatable bonds is 1. The normalized spacial score (nSPS) is 9.71. The quantitative estimate of drug-likeness (QED) is 0.444. The van der Waals surface area contributed by atoms with E-state index in [1.807, 2.05) is 6.92 Å². The molecule has 0 radical (unpaired) electrons. The molecule has 0 aliphatic carbocycles. The minimum atomic E-state index is 0. The Morgan fingerprint density at radius 3 is 1.71 bits per heavy atom. The van der Waals surface area contributed by atoms with Gasteiger partial charge in [0, 0.05) is 0 Å². The molecule has 0 unspecified atom stereocenters. The van der Waals surface area contributed by atoms with Gasteiger partial charge in [0.25, 0.3) is 0 Å². The molecule has 7 heavy (non-hydrogen) atoms. The zero-order valence-corrected chi connectivity index (χ0v) is 4.73. The van der Waals surface area contributed by atoms with Crippen molar-refractivity contribution in [3.63, 3.8) is 0 Å². The first kappa shape index (κ1) is 9.88. The average Bonchev–Trinajstić information content (AvgIpc) is 1.35. The molecule has 44 valence electrons. The lowest BCUT2D eigenvalue weighted by molar-refractivity contribution is 0.830. The summed E-state index contributed by atoms with van der Waals surface area (Å²) < 4.78 is 0. The lowest BCUT2D eigenvalue weighted by atomic mass is 10.2. The molecule has 0 nitrogen and oxygen atoms in total. The standard InChI is InChI=1S/C6H12.CH4/c1-4-5-6(2)3;/h4-6H,1-3H3;1H4. The largest absolute Gasteiger partial charge is 0.0914 e. The Morgan fingerprint density at radius 1 is 1.29 bits per heavy atom. The predicted molar refractivity (Wildman–Crippen MR) is 36.4 cm³/mol. The molecule has 0 rings (SSSR count). The van der Waals surface area contributed by atoms with Crippen LogP contribution in [0.1, 0.15) is 28.2 Å². The molecular weight excluding hydrogens is 84.1 g/mol. The molecule has 0 aromatic heterocycles. The third-order valence-corrected chi connectivity index (χ3v) is 0.577. The third-order valence-electron chi connectivity index (χ3n) is 0.577. The molecule has 0 aromatic rings. The smallest absolute Gasteiger partial charge is 0.0291 e. The molecule has 0 amide bonds. The highest BCUT2D eigenvalue weighted by atomic mass is 13.8. The lowest BCUT2D eigenvalue weighted by Crippen LogP contribution is -1.73. The highest BCUT2D eigenvalue weighted by Gasteiger charge is 1.76. The zero-order chi connectivity index (χ0) is 4.99. The van der Waals surface area contributed by atoms with Crippen molar-refractivity contribution in [2.24, 2.45) is 5.92 Å². The number of hydrogen-bond acceptors (Lipinski definition) is 0. The van der Waals surface area contributed by atoms with Gasteiger partial charge in [-0.25, -0.2) is 0 Å². The first-order valence-corrected chi connectivity index (χ1v) is 2.40. The van der Waals surface area contributed by atoms with E-state index < -0.39 is 0 Å². The first-order valence-electron chi connectivity index (χ1n) is 2.40. The average molecular weight is 100 g/mol. The summed E-state index contributed by atoms with van der Waals surface area (Å²) in [5.74, 6) is 0.718. The SMILES string of the molecule is C.CC=CC(C)C. The molecular formula is C7H16. The van der Waals surface area contributed by atoms with E-state index in [4.69, 9.17) is 0 Å². The Balaban J connectivity index is 0. The van der Waals surface area contributed by atoms with E-state index in [0.29, 0.717) is 0 Å². The van der Waals surface area contributed by atoms with Gasteiger partial charge >= 0.3 is 0 Å². The molecule has 0 N–H and O–H groups in total. The van der Waals surface area contributed by atoms with E-state index in [1.54, 1.807) is 0 Å². The summed E-state index contributed by atoms with van der Waals surface area (Å²) in [6.45, 7) is 6.38. The van der Waals surface area contributed by atoms with Crippen LogP contribution in [0.5, 0.6) is 0 Å². The fraction of sp³-hybridized carbons (Fsp3) is 0.714. The topological polar surface area (TPSA) is 0 Å². The summed E-state index contributed by atoms with van der Waals surface area (Å²) in [5.41, 5.74) is 0. The van der Waals surface area contributed by atoms with E-state index in [-0.39, 0.29) is 7.43 Å². The van der Waals surface area contributed by atoms with Gasteiger partial charge in [-0.2, -0.15) is 0 Å². The molecule has 0 heterocycles. The Bertz CT molecular complexity index is 42.0. The van der Waals surface area contributed by atoms with Crippen molar-refractivity contribution >= 4 is 0 Å². The first-order chi connectivity index (χ1) is 2.77. The molecule has 0 spiro atoms. The fourth-order valence-electron chi connectivity index (χ4n) is 0.385. The van der Waals surface area contributed by atoms with Gasteiger partial charge < -0.3 is 0 Å². The molecule has 0 aliphatic rings. The second-order valence-electron chi connectivity index (χ2n) is 1.77. The van der Waals surface area contributed by atoms with Crippen LogP contribution < -0.4 is 0 Å². The maximum absolute atomic E-state index is 2.17. The van der Waals surface area contributed by atoms with Gasteiger partial charge in [0.15, 0.2) is 0 Å². The van der Waals surface area contributed by atoms with Crippen LogP contribution in [0.2, 0.25) is 0 Å². The van der Waals surface area contributed by atoms with Crippen molar-refractivity contribution < 1.29 is 0 Å². The summed E-state index contributed by atoms with van der Waals surface area (Å²) in [4.78, 5) is 0. The van der Waals surface area contributed by atoms with E-state index in [9.17, 15) is 0 Å². The van der Waals surface area contributed by atoms with E-state index in [1.165, 1.54) is 0 Å². The lowest BCUT2D eigenvalue weighted by Gasteiger charge is -1.86. The minimum absolute atomic E-state index is 0. The number of hydrogen-bond donors (Lipinski definition) is 0. The van der Waals surface area contributed by atoms with Crippen molar-refractivity contribution in [2.45, 2.75) is 28.2 Å². The molecule has 0 heteroatoms. The zero-order valence-electron chi connectivity index (χ0n) is 4.73. The Labute approximate surface area is 47.2 Å². The van der Waals surface area contributed by atoms with Crippen molar-refractivity contribution in [1.82, 2.24) is 0 Å². The summed E-state index contributed by atoms with van der Waals surface area (Å²) in [6, 6.07) is 0. The van der Waals surface area contributed by atoms with Gasteiger partial charge in [-0.1, -0.05) is 33.4 Å². The molecule has 0 aromatic carbocycles. The summed E-state index contributed by atoms with van der Waals surface area (Å²) in [7, 11) is 0. The van der Waals surface area contributed by atoms with Crippen LogP contribution in [0.25, 0.3) is 0 Å². The number of allylic oxidation sites excluding steroid dienone is 2. The highest BCUT2D eigenvalue weighted by molar-refractivity contribution is 4.79. The molecule has 0 fully saturated rings. The summed E-state index contributed by atoms with van der Waals surface area (Å²) >= 11 is 0. The van der Waals surface area contributed by atoms with Crippen molar-refractivity contribution in [2.75, 3.05) is 0 Å². The molecule has 0 aliphatic heterocycles. The van der Waals surface area contributed by atoms with E-state index in [0.717, 1.165) is 5.92 Å². The van der Waals surface area contributed by atoms with Gasteiger partial charge in [-0.15, -0.1) is 0 Å². The molecule has 0 saturated carbocycles. The van der Waals surface area contributed by atoms with Gasteiger partial charge in [-0.3, -0.25) is 0 Å². The van der Waals surface area contributed by atoms with Crippen LogP contribution in [0, 0.1) is 5.92 Å². The van der Waals surface area contributed by atoms with E-state index in [2.05, 4.69) is 26.0 Å². The van der Waals surface area contributed by atoms with Crippen LogP contribution in [-0.2, 0) is 0 Å². The van der Waals surface area contributed by atoms with Gasteiger partial charge in [0.1, 0.15) is 0 Å². The maximum atomic E-state index is 2.17. The molecule has 0 bridgehead atoms. The minimum Gasteiger partial charge on any atom is -0.0914 e. The van der Waals surface area contributed by atoms with Crippen molar-refractivity contribution in [3.05, 3.63) is 12.2 Å². The fourth-order valence-corrected chi connectivity index (χ4v) is 0.385. The van der Waals surface area contributed by atoms with Crippen LogP contribution in [0.3, 0.4) is 0 Å².